The summed E-state index contributed by atoms with van der Waals surface area (Å²) in [6.45, 7) is 1.81. The van der Waals surface area contributed by atoms with Crippen LogP contribution in [-0.4, -0.2) is 13.1 Å². The second-order valence-electron chi connectivity index (χ2n) is 4.04. The number of halogens is 1. The number of piperidine rings is 1. The van der Waals surface area contributed by atoms with Gasteiger partial charge in [0.25, 0.3) is 0 Å². The van der Waals surface area contributed by atoms with Gasteiger partial charge in [0.15, 0.2) is 0 Å². The van der Waals surface area contributed by atoms with Crippen molar-refractivity contribution in [2.24, 2.45) is 0 Å². The Kier molecular flexibility index (Phi) is 2.70. The highest BCUT2D eigenvalue weighted by Crippen LogP contribution is 2.32. The van der Waals surface area contributed by atoms with Crippen LogP contribution >= 0.6 is 0 Å². The fourth-order valence-electron chi connectivity index (χ4n) is 2.26. The maximum absolute atomic E-state index is 13.6. The van der Waals surface area contributed by atoms with E-state index in [4.69, 9.17) is 0 Å². The Labute approximate surface area is 88.7 Å². The van der Waals surface area contributed by atoms with Gasteiger partial charge in [-0.25, -0.2) is 4.39 Å². The van der Waals surface area contributed by atoms with Crippen molar-refractivity contribution in [1.29, 1.82) is 5.26 Å². The zero-order valence-corrected chi connectivity index (χ0v) is 8.54. The molecule has 78 valence electrons. The van der Waals surface area contributed by atoms with Crippen molar-refractivity contribution in [3.8, 4) is 6.07 Å². The number of quaternary nitrogens is 1. The van der Waals surface area contributed by atoms with E-state index in [2.05, 4.69) is 11.4 Å². The minimum Gasteiger partial charge on any atom is -0.346 e. The van der Waals surface area contributed by atoms with Crippen LogP contribution in [0.4, 0.5) is 4.39 Å². The van der Waals surface area contributed by atoms with Gasteiger partial charge in [-0.1, -0.05) is 18.2 Å². The Morgan fingerprint density at radius 1 is 1.27 bits per heavy atom. The Balaban J connectivity index is 2.42. The van der Waals surface area contributed by atoms with Gasteiger partial charge in [-0.3, -0.25) is 0 Å². The van der Waals surface area contributed by atoms with Crippen LogP contribution in [0.15, 0.2) is 24.3 Å². The predicted molar refractivity (Wildman–Crippen MR) is 54.6 cm³/mol. The monoisotopic (exact) mass is 205 g/mol. The zero-order valence-electron chi connectivity index (χ0n) is 8.54. The SMILES string of the molecule is N#CC1(c2ccccc2F)CC[NH2+]CC1. The van der Waals surface area contributed by atoms with Crippen LogP contribution < -0.4 is 5.32 Å². The molecule has 0 radical (unpaired) electrons. The lowest BCUT2D eigenvalue weighted by Crippen LogP contribution is -2.87. The summed E-state index contributed by atoms with van der Waals surface area (Å²) in [5.74, 6) is -0.249. The van der Waals surface area contributed by atoms with Gasteiger partial charge in [0, 0.05) is 18.4 Å². The van der Waals surface area contributed by atoms with Crippen LogP contribution in [0.2, 0.25) is 0 Å². The molecule has 2 rings (SSSR count). The molecule has 1 fully saturated rings. The molecular formula is C12H14FN2+. The minimum atomic E-state index is -0.597. The van der Waals surface area contributed by atoms with E-state index in [0.29, 0.717) is 5.56 Å². The van der Waals surface area contributed by atoms with Gasteiger partial charge < -0.3 is 5.32 Å². The van der Waals surface area contributed by atoms with Gasteiger partial charge in [-0.05, 0) is 6.07 Å². The molecule has 0 bridgehead atoms. The molecule has 1 saturated heterocycles. The number of benzene rings is 1. The minimum absolute atomic E-state index is 0.249. The van der Waals surface area contributed by atoms with E-state index in [1.165, 1.54) is 6.07 Å². The third-order valence-electron chi connectivity index (χ3n) is 3.15. The van der Waals surface area contributed by atoms with Gasteiger partial charge in [-0.15, -0.1) is 0 Å². The molecule has 1 aromatic carbocycles. The highest BCUT2D eigenvalue weighted by Gasteiger charge is 2.37. The fourth-order valence-corrected chi connectivity index (χ4v) is 2.26. The summed E-state index contributed by atoms with van der Waals surface area (Å²) in [5, 5.41) is 11.5. The Hall–Kier alpha value is -1.40. The lowest BCUT2D eigenvalue weighted by atomic mass is 9.74. The van der Waals surface area contributed by atoms with Crippen molar-refractivity contribution in [3.05, 3.63) is 35.6 Å². The molecule has 15 heavy (non-hydrogen) atoms. The van der Waals surface area contributed by atoms with Crippen LogP contribution in [0, 0.1) is 17.1 Å². The number of nitrogens with zero attached hydrogens (tertiary/aromatic N) is 1. The van der Waals surface area contributed by atoms with E-state index in [1.54, 1.807) is 18.2 Å². The molecule has 2 nitrogen and oxygen atoms in total. The summed E-state index contributed by atoms with van der Waals surface area (Å²) in [7, 11) is 0. The predicted octanol–water partition coefficient (Wildman–Crippen LogP) is 0.944. The van der Waals surface area contributed by atoms with Crippen LogP contribution in [0.5, 0.6) is 0 Å². The van der Waals surface area contributed by atoms with Gasteiger partial charge in [-0.2, -0.15) is 5.26 Å². The standard InChI is InChI=1S/C12H13FN2/c13-11-4-2-1-3-10(11)12(9-14)5-7-15-8-6-12/h1-4,15H,5-8H2/p+1. The van der Waals surface area contributed by atoms with Crippen LogP contribution in [0.25, 0.3) is 0 Å². The van der Waals surface area contributed by atoms with E-state index < -0.39 is 5.41 Å². The molecule has 0 saturated carbocycles. The molecule has 0 atom stereocenters. The number of rotatable bonds is 1. The van der Waals surface area contributed by atoms with Gasteiger partial charge >= 0.3 is 0 Å². The lowest BCUT2D eigenvalue weighted by Gasteiger charge is -2.29. The van der Waals surface area contributed by atoms with E-state index in [1.807, 2.05) is 0 Å². The lowest BCUT2D eigenvalue weighted by molar-refractivity contribution is -0.664. The van der Waals surface area contributed by atoms with Crippen LogP contribution in [-0.2, 0) is 5.41 Å². The number of nitrogens with two attached hydrogens (primary N) is 1. The van der Waals surface area contributed by atoms with Crippen LogP contribution in [0.3, 0.4) is 0 Å². The Bertz CT molecular complexity index is 389. The van der Waals surface area contributed by atoms with Crippen LogP contribution in [0.1, 0.15) is 18.4 Å². The zero-order chi connectivity index (χ0) is 10.7. The second kappa shape index (κ2) is 4.00. The number of hydrogen-bond donors (Lipinski definition) is 1. The average Bonchev–Trinajstić information content (AvgIpc) is 2.30. The Morgan fingerprint density at radius 2 is 1.93 bits per heavy atom. The highest BCUT2D eigenvalue weighted by atomic mass is 19.1. The third-order valence-corrected chi connectivity index (χ3v) is 3.15. The molecule has 0 spiro atoms. The summed E-state index contributed by atoms with van der Waals surface area (Å²) in [5.41, 5.74) is -0.0271. The Morgan fingerprint density at radius 3 is 2.53 bits per heavy atom. The van der Waals surface area contributed by atoms with Crippen molar-refractivity contribution < 1.29 is 9.71 Å². The summed E-state index contributed by atoms with van der Waals surface area (Å²) in [4.78, 5) is 0. The fraction of sp³-hybridized carbons (Fsp3) is 0.417. The summed E-state index contributed by atoms with van der Waals surface area (Å²) < 4.78 is 13.6. The number of hydrogen-bond acceptors (Lipinski definition) is 1. The van der Waals surface area contributed by atoms with Gasteiger partial charge in [0.1, 0.15) is 5.82 Å². The molecule has 0 amide bonds. The van der Waals surface area contributed by atoms with E-state index in [0.717, 1.165) is 25.9 Å². The first-order valence-electron chi connectivity index (χ1n) is 5.26. The first-order valence-corrected chi connectivity index (χ1v) is 5.26. The molecule has 1 aromatic rings. The second-order valence-corrected chi connectivity index (χ2v) is 4.04. The summed E-state index contributed by atoms with van der Waals surface area (Å²) in [6, 6.07) is 8.96. The smallest absolute Gasteiger partial charge is 0.128 e. The summed E-state index contributed by atoms with van der Waals surface area (Å²) >= 11 is 0. The normalized spacial score (nSPS) is 19.5. The maximum Gasteiger partial charge on any atom is 0.128 e. The molecule has 0 aliphatic carbocycles. The maximum atomic E-state index is 13.6. The van der Waals surface area contributed by atoms with Gasteiger partial charge in [0.05, 0.1) is 24.6 Å². The topological polar surface area (TPSA) is 40.4 Å². The molecule has 0 unspecified atom stereocenters. The third kappa shape index (κ3) is 1.73. The molecule has 1 aliphatic heterocycles. The first-order chi connectivity index (χ1) is 7.28. The van der Waals surface area contributed by atoms with E-state index in [9.17, 15) is 9.65 Å². The highest BCUT2D eigenvalue weighted by molar-refractivity contribution is 5.33. The first kappa shape index (κ1) is 10.1. The largest absolute Gasteiger partial charge is 0.346 e. The quantitative estimate of drug-likeness (QED) is 0.728. The van der Waals surface area contributed by atoms with E-state index in [-0.39, 0.29) is 5.82 Å². The molecule has 1 aliphatic rings. The number of nitriles is 1. The molecule has 3 heteroatoms. The van der Waals surface area contributed by atoms with Gasteiger partial charge in [0.2, 0.25) is 0 Å². The van der Waals surface area contributed by atoms with Crippen molar-refractivity contribution in [1.82, 2.24) is 0 Å². The van der Waals surface area contributed by atoms with E-state index >= 15 is 0 Å². The average molecular weight is 205 g/mol. The summed E-state index contributed by atoms with van der Waals surface area (Å²) in [6.07, 6.45) is 1.48. The van der Waals surface area contributed by atoms with Crippen molar-refractivity contribution >= 4 is 0 Å². The molecule has 2 N–H and O–H groups in total. The molecule has 0 aromatic heterocycles. The van der Waals surface area contributed by atoms with Crippen molar-refractivity contribution in [2.45, 2.75) is 18.3 Å². The van der Waals surface area contributed by atoms with Crippen molar-refractivity contribution in [3.63, 3.8) is 0 Å². The van der Waals surface area contributed by atoms with Crippen molar-refractivity contribution in [2.75, 3.05) is 13.1 Å². The molecule has 1 heterocycles. The molecular weight excluding hydrogens is 191 g/mol.